The molecule has 0 saturated heterocycles. The molecule has 0 amide bonds. The van der Waals surface area contributed by atoms with E-state index in [1.165, 1.54) is 0 Å². The topological polar surface area (TPSA) is 92.9 Å². The minimum absolute atomic E-state index is 0.300. The molecule has 0 aliphatic carbocycles. The summed E-state index contributed by atoms with van der Waals surface area (Å²) in [5, 5.41) is 17.9. The van der Waals surface area contributed by atoms with Crippen molar-refractivity contribution in [1.29, 1.82) is 0 Å². The van der Waals surface area contributed by atoms with Crippen molar-refractivity contribution in [2.75, 3.05) is 31.4 Å². The van der Waals surface area contributed by atoms with Gasteiger partial charge in [0.25, 0.3) is 0 Å². The summed E-state index contributed by atoms with van der Waals surface area (Å²) in [6.45, 7) is 0.879. The zero-order chi connectivity index (χ0) is 28.4. The Balaban J connectivity index is 1.45. The normalized spacial score (nSPS) is 11.2. The van der Waals surface area contributed by atoms with Crippen LogP contribution in [0.4, 0.5) is 17.2 Å². The molecule has 3 aromatic carbocycles. The maximum Gasteiger partial charge on any atom is 0.168 e. The van der Waals surface area contributed by atoms with Crippen LogP contribution in [0, 0.1) is 0 Å². The molecule has 0 radical (unpaired) electrons. The highest BCUT2D eigenvalue weighted by Gasteiger charge is 2.09. The van der Waals surface area contributed by atoms with Crippen molar-refractivity contribution >= 4 is 17.2 Å². The van der Waals surface area contributed by atoms with E-state index in [4.69, 9.17) is 14.5 Å². The summed E-state index contributed by atoms with van der Waals surface area (Å²) in [5.74, 6) is 1.87. The minimum Gasteiger partial charge on any atom is -0.497 e. The third kappa shape index (κ3) is 7.05. The fourth-order valence-corrected chi connectivity index (χ4v) is 4.47. The fraction of sp³-hybridized carbons (Fsp3) is 0.152. The molecular weight excluding hydrogens is 514 g/mol. The maximum atomic E-state index is 11.1. The first-order valence-corrected chi connectivity index (χ1v) is 13.4. The average molecular weight is 548 g/mol. The second-order valence-electron chi connectivity index (χ2n) is 9.36. The van der Waals surface area contributed by atoms with Crippen molar-refractivity contribution in [1.82, 2.24) is 9.71 Å². The van der Waals surface area contributed by atoms with Gasteiger partial charge in [-0.1, -0.05) is 48.5 Å². The number of ether oxygens (including phenoxy) is 2. The number of nitrogens with one attached hydrogen (secondary N) is 2. The van der Waals surface area contributed by atoms with Gasteiger partial charge in [0.1, 0.15) is 17.3 Å². The lowest BCUT2D eigenvalue weighted by Crippen LogP contribution is -2.24. The Labute approximate surface area is 239 Å². The number of hydrogen-bond acceptors (Lipinski definition) is 7. The van der Waals surface area contributed by atoms with Gasteiger partial charge >= 0.3 is 0 Å². The lowest BCUT2D eigenvalue weighted by molar-refractivity contribution is 0.177. The van der Waals surface area contributed by atoms with Crippen LogP contribution in [0.2, 0.25) is 0 Å². The monoisotopic (exact) mass is 547 g/mol. The van der Waals surface area contributed by atoms with Gasteiger partial charge in [-0.25, -0.2) is 0 Å². The van der Waals surface area contributed by atoms with E-state index < -0.39 is 0 Å². The summed E-state index contributed by atoms with van der Waals surface area (Å²) in [4.78, 5) is 9.12. The number of aromatic nitrogens is 2. The second kappa shape index (κ2) is 13.2. The Morgan fingerprint density at radius 1 is 0.805 bits per heavy atom. The summed E-state index contributed by atoms with van der Waals surface area (Å²) in [7, 11) is 3.23. The molecule has 0 saturated carbocycles. The van der Waals surface area contributed by atoms with Gasteiger partial charge in [-0.15, -0.1) is 0 Å². The van der Waals surface area contributed by atoms with Gasteiger partial charge < -0.3 is 25.3 Å². The van der Waals surface area contributed by atoms with Crippen LogP contribution in [0.15, 0.2) is 114 Å². The minimum atomic E-state index is 0.300. The molecule has 0 fully saturated rings. The van der Waals surface area contributed by atoms with Gasteiger partial charge in [0.05, 0.1) is 20.8 Å². The molecular formula is C33H33N5O3. The molecule has 0 bridgehead atoms. The van der Waals surface area contributed by atoms with E-state index >= 15 is 0 Å². The molecule has 0 unspecified atom stereocenters. The molecule has 2 heterocycles. The number of nitrogens with zero attached hydrogens (tertiary/aromatic N) is 3. The molecule has 0 spiro atoms. The number of rotatable bonds is 11. The molecule has 5 aromatic rings. The van der Waals surface area contributed by atoms with Crippen LogP contribution >= 0.6 is 0 Å². The highest BCUT2D eigenvalue weighted by atomic mass is 16.5. The molecule has 5 rings (SSSR count). The number of anilines is 3. The Morgan fingerprint density at radius 3 is 2.41 bits per heavy atom. The van der Waals surface area contributed by atoms with Gasteiger partial charge in [-0.2, -0.15) is 4.73 Å². The fourth-order valence-electron chi connectivity index (χ4n) is 4.47. The zero-order valence-electron chi connectivity index (χ0n) is 23.1. The molecule has 8 nitrogen and oxygen atoms in total. The standard InChI is InChI=1S/C33H33N5O3/c1-40-30-15-14-26(31(22-30)41-2)23-36-33-21-29(20-32(38(33)39)35-18-16-27-12-6-7-17-34-27)37-28-13-8-11-25(19-28)24-9-4-3-5-10-24/h3-15,17,19-22,35,37,39H,16,18,23H2,1-2H3. The van der Waals surface area contributed by atoms with Gasteiger partial charge in [0, 0.05) is 60.0 Å². The zero-order valence-corrected chi connectivity index (χ0v) is 23.1. The second-order valence-corrected chi connectivity index (χ2v) is 9.36. The van der Waals surface area contributed by atoms with Crippen molar-refractivity contribution in [2.24, 2.45) is 4.99 Å². The van der Waals surface area contributed by atoms with Gasteiger partial charge in [-0.3, -0.25) is 9.98 Å². The number of benzene rings is 3. The van der Waals surface area contributed by atoms with Crippen LogP contribution in [0.1, 0.15) is 11.3 Å². The Morgan fingerprint density at radius 2 is 1.63 bits per heavy atom. The number of methoxy groups -OCH3 is 2. The van der Waals surface area contributed by atoms with Crippen molar-refractivity contribution in [3.63, 3.8) is 0 Å². The molecule has 0 atom stereocenters. The SMILES string of the molecule is COc1ccc(CN=c2cc(Nc3cccc(-c4ccccc4)c3)cc(NCCc3ccccn3)n2O)c(OC)c1. The van der Waals surface area contributed by atoms with Crippen LogP contribution in [0.25, 0.3) is 11.1 Å². The van der Waals surface area contributed by atoms with Gasteiger partial charge in [0.15, 0.2) is 5.49 Å². The highest BCUT2D eigenvalue weighted by Crippen LogP contribution is 2.26. The van der Waals surface area contributed by atoms with Crippen LogP contribution in [-0.4, -0.2) is 35.7 Å². The Kier molecular flexibility index (Phi) is 8.81. The Bertz CT molecular complexity index is 1650. The van der Waals surface area contributed by atoms with Gasteiger partial charge in [0.2, 0.25) is 0 Å². The first-order valence-electron chi connectivity index (χ1n) is 13.4. The first kappa shape index (κ1) is 27.3. The van der Waals surface area contributed by atoms with Crippen LogP contribution in [0.3, 0.4) is 0 Å². The molecule has 2 aromatic heterocycles. The summed E-state index contributed by atoms with van der Waals surface area (Å²) in [6, 6.07) is 33.6. The third-order valence-electron chi connectivity index (χ3n) is 6.60. The number of hydrogen-bond donors (Lipinski definition) is 3. The van der Waals surface area contributed by atoms with Crippen molar-refractivity contribution in [3.8, 4) is 22.6 Å². The van der Waals surface area contributed by atoms with Crippen LogP contribution < -0.4 is 25.6 Å². The smallest absolute Gasteiger partial charge is 0.168 e. The number of pyridine rings is 2. The lowest BCUT2D eigenvalue weighted by Gasteiger charge is -2.15. The van der Waals surface area contributed by atoms with E-state index in [1.807, 2.05) is 78.9 Å². The van der Waals surface area contributed by atoms with Crippen LogP contribution in [-0.2, 0) is 13.0 Å². The molecule has 0 aliphatic rings. The van der Waals surface area contributed by atoms with Crippen molar-refractivity contribution in [2.45, 2.75) is 13.0 Å². The van der Waals surface area contributed by atoms with E-state index in [-0.39, 0.29) is 0 Å². The lowest BCUT2D eigenvalue weighted by atomic mass is 10.1. The van der Waals surface area contributed by atoms with E-state index in [1.54, 1.807) is 20.4 Å². The maximum absolute atomic E-state index is 11.1. The predicted molar refractivity (Wildman–Crippen MR) is 162 cm³/mol. The summed E-state index contributed by atoms with van der Waals surface area (Å²) in [5.41, 5.74) is 6.16. The molecule has 3 N–H and O–H groups in total. The summed E-state index contributed by atoms with van der Waals surface area (Å²) in [6.07, 6.45) is 2.48. The average Bonchev–Trinajstić information content (AvgIpc) is 3.02. The van der Waals surface area contributed by atoms with Crippen molar-refractivity contribution in [3.05, 3.63) is 126 Å². The van der Waals surface area contributed by atoms with E-state index in [0.29, 0.717) is 42.3 Å². The molecule has 0 aliphatic heterocycles. The van der Waals surface area contributed by atoms with E-state index in [2.05, 4.69) is 39.9 Å². The molecule has 8 heteroatoms. The summed E-state index contributed by atoms with van der Waals surface area (Å²) >= 11 is 0. The molecule has 41 heavy (non-hydrogen) atoms. The summed E-state index contributed by atoms with van der Waals surface area (Å²) < 4.78 is 11.9. The van der Waals surface area contributed by atoms with Gasteiger partial charge in [-0.05, 0) is 47.5 Å². The van der Waals surface area contributed by atoms with E-state index in [0.717, 1.165) is 38.5 Å². The Hall–Kier alpha value is -5.24. The van der Waals surface area contributed by atoms with Crippen LogP contribution in [0.5, 0.6) is 11.5 Å². The first-order chi connectivity index (χ1) is 20.1. The van der Waals surface area contributed by atoms with Crippen molar-refractivity contribution < 1.29 is 14.7 Å². The quantitative estimate of drug-likeness (QED) is 0.168. The third-order valence-corrected chi connectivity index (χ3v) is 6.60. The highest BCUT2D eigenvalue weighted by molar-refractivity contribution is 5.71. The predicted octanol–water partition coefficient (Wildman–Crippen LogP) is 6.30. The molecule has 208 valence electrons. The van der Waals surface area contributed by atoms with E-state index in [9.17, 15) is 5.21 Å². The largest absolute Gasteiger partial charge is 0.497 e.